The molecule has 0 spiro atoms. The smallest absolute Gasteiger partial charge is 0.269 e. The third-order valence-corrected chi connectivity index (χ3v) is 3.04. The predicted molar refractivity (Wildman–Crippen MR) is 47.3 cm³/mol. The minimum absolute atomic E-state index is 0.451. The molecule has 0 atom stereocenters. The first-order valence-corrected chi connectivity index (χ1v) is 4.74. The molecular formula is C9H12N2O3. The van der Waals surface area contributed by atoms with Crippen LogP contribution in [-0.4, -0.2) is 28.3 Å². The van der Waals surface area contributed by atoms with E-state index in [1.54, 1.807) is 0 Å². The molecular weight excluding hydrogens is 184 g/mol. The van der Waals surface area contributed by atoms with Crippen molar-refractivity contribution in [1.29, 1.82) is 0 Å². The summed E-state index contributed by atoms with van der Waals surface area (Å²) in [6, 6.07) is -0.565. The molecule has 1 aliphatic carbocycles. The molecule has 0 aromatic rings. The van der Waals surface area contributed by atoms with E-state index in [0.29, 0.717) is 0 Å². The predicted octanol–water partition coefficient (Wildman–Crippen LogP) is 0.397. The molecule has 0 bridgehead atoms. The standard InChI is InChI=1S/C9H12N2O3/c1-9(4-2-3-5-9)11-7(13)6(12)10-8(11)14/h2-5H2,1H3,(H,10,12,14). The summed E-state index contributed by atoms with van der Waals surface area (Å²) in [5, 5.41) is 2.02. The maximum absolute atomic E-state index is 11.4. The minimum atomic E-state index is -0.803. The number of nitrogens with one attached hydrogen (secondary N) is 1. The van der Waals surface area contributed by atoms with Gasteiger partial charge in [-0.2, -0.15) is 0 Å². The van der Waals surface area contributed by atoms with E-state index >= 15 is 0 Å². The Labute approximate surface area is 81.4 Å². The SMILES string of the molecule is CC1(N2C(=O)NC(=O)C2=O)CCCC1. The van der Waals surface area contributed by atoms with Gasteiger partial charge in [0.05, 0.1) is 5.54 Å². The van der Waals surface area contributed by atoms with Gasteiger partial charge in [0.25, 0.3) is 0 Å². The number of amides is 4. The largest absolute Gasteiger partial charge is 0.332 e. The van der Waals surface area contributed by atoms with E-state index in [1.807, 2.05) is 12.2 Å². The van der Waals surface area contributed by atoms with Crippen LogP contribution in [0, 0.1) is 0 Å². The summed E-state index contributed by atoms with van der Waals surface area (Å²) in [4.78, 5) is 34.8. The highest BCUT2D eigenvalue weighted by Crippen LogP contribution is 2.35. The second-order valence-corrected chi connectivity index (χ2v) is 4.10. The van der Waals surface area contributed by atoms with Crippen molar-refractivity contribution in [2.24, 2.45) is 0 Å². The number of imide groups is 2. The summed E-state index contributed by atoms with van der Waals surface area (Å²) in [5.41, 5.74) is -0.451. The van der Waals surface area contributed by atoms with Gasteiger partial charge in [-0.25, -0.2) is 9.69 Å². The number of carbonyl (C=O) groups is 3. The minimum Gasteiger partial charge on any atom is -0.269 e. The Balaban J connectivity index is 2.29. The molecule has 1 saturated carbocycles. The zero-order valence-corrected chi connectivity index (χ0v) is 8.00. The molecule has 5 heteroatoms. The number of carbonyl (C=O) groups excluding carboxylic acids is 3. The Hall–Kier alpha value is -1.39. The average Bonchev–Trinajstić information content (AvgIpc) is 2.60. The van der Waals surface area contributed by atoms with Crippen LogP contribution >= 0.6 is 0 Å². The fraction of sp³-hybridized carbons (Fsp3) is 0.667. The van der Waals surface area contributed by atoms with Crippen molar-refractivity contribution in [1.82, 2.24) is 10.2 Å². The van der Waals surface area contributed by atoms with E-state index in [2.05, 4.69) is 0 Å². The van der Waals surface area contributed by atoms with Gasteiger partial charge < -0.3 is 0 Å². The van der Waals surface area contributed by atoms with Crippen molar-refractivity contribution in [3.8, 4) is 0 Å². The first-order valence-electron chi connectivity index (χ1n) is 4.74. The van der Waals surface area contributed by atoms with Gasteiger partial charge in [0.15, 0.2) is 0 Å². The van der Waals surface area contributed by atoms with Crippen molar-refractivity contribution >= 4 is 17.8 Å². The van der Waals surface area contributed by atoms with E-state index in [1.165, 1.54) is 0 Å². The lowest BCUT2D eigenvalue weighted by Gasteiger charge is -2.31. The molecule has 14 heavy (non-hydrogen) atoms. The van der Waals surface area contributed by atoms with Crippen LogP contribution < -0.4 is 5.32 Å². The Morgan fingerprint density at radius 2 is 1.79 bits per heavy atom. The number of nitrogens with zero attached hydrogens (tertiary/aromatic N) is 1. The van der Waals surface area contributed by atoms with E-state index in [-0.39, 0.29) is 0 Å². The van der Waals surface area contributed by atoms with Crippen LogP contribution in [0.25, 0.3) is 0 Å². The maximum atomic E-state index is 11.4. The second-order valence-electron chi connectivity index (χ2n) is 4.10. The highest BCUT2D eigenvalue weighted by molar-refractivity contribution is 6.45. The lowest BCUT2D eigenvalue weighted by Crippen LogP contribution is -2.48. The Bertz CT molecular complexity index is 318. The summed E-state index contributed by atoms with van der Waals surface area (Å²) in [6.45, 7) is 1.86. The third kappa shape index (κ3) is 1.12. The van der Waals surface area contributed by atoms with Crippen molar-refractivity contribution in [2.75, 3.05) is 0 Å². The zero-order chi connectivity index (χ0) is 10.3. The maximum Gasteiger partial charge on any atom is 0.332 e. The normalized spacial score (nSPS) is 25.8. The molecule has 2 rings (SSSR count). The molecule has 1 N–H and O–H groups in total. The topological polar surface area (TPSA) is 66.5 Å². The molecule has 0 aromatic heterocycles. The molecule has 0 radical (unpaired) electrons. The van der Waals surface area contributed by atoms with E-state index < -0.39 is 23.4 Å². The summed E-state index contributed by atoms with van der Waals surface area (Å²) in [7, 11) is 0. The van der Waals surface area contributed by atoms with Crippen molar-refractivity contribution < 1.29 is 14.4 Å². The summed E-state index contributed by atoms with van der Waals surface area (Å²) < 4.78 is 0. The summed E-state index contributed by atoms with van der Waals surface area (Å²) in [6.07, 6.45) is 3.59. The van der Waals surface area contributed by atoms with Crippen LogP contribution in [0.3, 0.4) is 0 Å². The molecule has 1 saturated heterocycles. The molecule has 2 aliphatic rings. The molecule has 5 nitrogen and oxygen atoms in total. The number of hydrogen-bond acceptors (Lipinski definition) is 3. The van der Waals surface area contributed by atoms with E-state index in [0.717, 1.165) is 30.6 Å². The number of rotatable bonds is 1. The van der Waals surface area contributed by atoms with Crippen LogP contribution in [-0.2, 0) is 9.59 Å². The molecule has 76 valence electrons. The average molecular weight is 196 g/mol. The van der Waals surface area contributed by atoms with E-state index in [4.69, 9.17) is 0 Å². The first kappa shape index (κ1) is 9.18. The number of urea groups is 1. The van der Waals surface area contributed by atoms with Crippen molar-refractivity contribution in [2.45, 2.75) is 38.1 Å². The van der Waals surface area contributed by atoms with Gasteiger partial charge in [-0.3, -0.25) is 14.9 Å². The molecule has 1 aliphatic heterocycles. The van der Waals surface area contributed by atoms with Gasteiger partial charge in [0.1, 0.15) is 0 Å². The fourth-order valence-corrected chi connectivity index (χ4v) is 2.25. The molecule has 0 unspecified atom stereocenters. The van der Waals surface area contributed by atoms with Crippen LogP contribution in [0.4, 0.5) is 4.79 Å². The molecule has 4 amide bonds. The monoisotopic (exact) mass is 196 g/mol. The van der Waals surface area contributed by atoms with Crippen LogP contribution in [0.15, 0.2) is 0 Å². The fourth-order valence-electron chi connectivity index (χ4n) is 2.25. The van der Waals surface area contributed by atoms with Crippen LogP contribution in [0.2, 0.25) is 0 Å². The lowest BCUT2D eigenvalue weighted by atomic mass is 9.98. The van der Waals surface area contributed by atoms with E-state index in [9.17, 15) is 14.4 Å². The van der Waals surface area contributed by atoms with Crippen LogP contribution in [0.5, 0.6) is 0 Å². The molecule has 2 fully saturated rings. The van der Waals surface area contributed by atoms with Gasteiger partial charge in [0, 0.05) is 0 Å². The van der Waals surface area contributed by atoms with Crippen molar-refractivity contribution in [3.63, 3.8) is 0 Å². The molecule has 1 heterocycles. The Kier molecular flexibility index (Phi) is 1.83. The Morgan fingerprint density at radius 3 is 2.21 bits per heavy atom. The quantitative estimate of drug-likeness (QED) is 0.487. The van der Waals surface area contributed by atoms with Gasteiger partial charge in [0.2, 0.25) is 0 Å². The summed E-state index contributed by atoms with van der Waals surface area (Å²) >= 11 is 0. The van der Waals surface area contributed by atoms with Gasteiger partial charge in [-0.05, 0) is 19.8 Å². The highest BCUT2D eigenvalue weighted by atomic mass is 16.2. The summed E-state index contributed by atoms with van der Waals surface area (Å²) in [5.74, 6) is -1.51. The molecule has 0 aromatic carbocycles. The first-order chi connectivity index (χ1) is 6.54. The third-order valence-electron chi connectivity index (χ3n) is 3.04. The van der Waals surface area contributed by atoms with Gasteiger partial charge >= 0.3 is 17.8 Å². The van der Waals surface area contributed by atoms with Crippen LogP contribution in [0.1, 0.15) is 32.6 Å². The highest BCUT2D eigenvalue weighted by Gasteiger charge is 2.48. The zero-order valence-electron chi connectivity index (χ0n) is 8.00. The van der Waals surface area contributed by atoms with Gasteiger partial charge in [-0.15, -0.1) is 0 Å². The number of hydrogen-bond donors (Lipinski definition) is 1. The van der Waals surface area contributed by atoms with Crippen molar-refractivity contribution in [3.05, 3.63) is 0 Å². The Morgan fingerprint density at radius 1 is 1.21 bits per heavy atom. The lowest BCUT2D eigenvalue weighted by molar-refractivity contribution is -0.142. The second kappa shape index (κ2) is 2.80. The van der Waals surface area contributed by atoms with Gasteiger partial charge in [-0.1, -0.05) is 12.8 Å².